The van der Waals surface area contributed by atoms with Gasteiger partial charge in [0.15, 0.2) is 11.8 Å². The summed E-state index contributed by atoms with van der Waals surface area (Å²) in [5.41, 5.74) is 5.82. The standard InChI is InChI=1S/C25H24BN2O/c1-17-15-27(3)24(14-21(17)19-10-6-5-7-11-19)26-18(2)25-22(16-28(26)4)20-12-8-9-13-23(20)29-25/h5-16H,1-4H3/q+1/i1D3. The molecule has 3 nitrogen and oxygen atoms in total. The van der Waals surface area contributed by atoms with E-state index in [2.05, 4.69) is 31.0 Å². The fraction of sp³-hybridized carbons (Fsp3) is 0.160. The van der Waals surface area contributed by atoms with Gasteiger partial charge in [0.1, 0.15) is 18.0 Å². The van der Waals surface area contributed by atoms with Gasteiger partial charge in [-0.25, -0.2) is 4.57 Å². The minimum atomic E-state index is -2.21. The van der Waals surface area contributed by atoms with Gasteiger partial charge in [-0.3, -0.25) is 0 Å². The highest BCUT2D eigenvalue weighted by atomic mass is 16.3. The molecule has 2 aromatic heterocycles. The van der Waals surface area contributed by atoms with E-state index >= 15 is 0 Å². The van der Waals surface area contributed by atoms with Crippen molar-refractivity contribution in [1.29, 1.82) is 0 Å². The van der Waals surface area contributed by atoms with Gasteiger partial charge in [-0.2, -0.15) is 0 Å². The van der Waals surface area contributed by atoms with Crippen LogP contribution in [0, 0.1) is 6.85 Å². The fourth-order valence-corrected chi connectivity index (χ4v) is 4.42. The molecule has 0 aliphatic carbocycles. The van der Waals surface area contributed by atoms with Crippen molar-refractivity contribution < 1.29 is 13.1 Å². The molecule has 0 amide bonds. The third-order valence-electron chi connectivity index (χ3n) is 5.82. The number of pyridine rings is 1. The fourth-order valence-electron chi connectivity index (χ4n) is 4.42. The maximum Gasteiger partial charge on any atom is 0.402 e. The van der Waals surface area contributed by atoms with Crippen molar-refractivity contribution in [2.45, 2.75) is 13.8 Å². The summed E-state index contributed by atoms with van der Waals surface area (Å²) in [5, 5.41) is 2.18. The number of aromatic nitrogens is 1. The summed E-state index contributed by atoms with van der Waals surface area (Å²) in [6, 6.07) is 19.8. The quantitative estimate of drug-likeness (QED) is 0.392. The number of hydrogen-bond acceptors (Lipinski definition) is 2. The topological polar surface area (TPSA) is 20.3 Å². The third-order valence-corrected chi connectivity index (χ3v) is 5.82. The molecular weight excluding hydrogens is 355 g/mol. The van der Waals surface area contributed by atoms with Crippen LogP contribution in [0.4, 0.5) is 0 Å². The number of hydrogen-bond donors (Lipinski definition) is 0. The van der Waals surface area contributed by atoms with Gasteiger partial charge >= 0.3 is 6.85 Å². The van der Waals surface area contributed by atoms with Gasteiger partial charge in [-0.15, -0.1) is 0 Å². The van der Waals surface area contributed by atoms with Crippen molar-refractivity contribution in [1.82, 2.24) is 4.81 Å². The van der Waals surface area contributed by atoms with E-state index in [1.807, 2.05) is 66.2 Å². The van der Waals surface area contributed by atoms with E-state index in [9.17, 15) is 0 Å². The summed E-state index contributed by atoms with van der Waals surface area (Å²) in [6.45, 7) is -0.201. The number of nitrogens with zero attached hydrogens (tertiary/aromatic N) is 2. The lowest BCUT2D eigenvalue weighted by atomic mass is 9.50. The SMILES string of the molecule is [2H]C([2H])([2H])c1c[n+](C)c(B2C(C)=c3oc4ccccc4c3=CN2C)cc1-c1ccccc1. The van der Waals surface area contributed by atoms with E-state index in [1.165, 1.54) is 0 Å². The van der Waals surface area contributed by atoms with Gasteiger partial charge in [0.05, 0.1) is 0 Å². The molecule has 0 fully saturated rings. The number of aryl methyl sites for hydroxylation is 2. The molecule has 0 radical (unpaired) electrons. The molecular formula is C25H24BN2O+. The first-order valence-corrected chi connectivity index (χ1v) is 9.77. The zero-order valence-electron chi connectivity index (χ0n) is 19.8. The highest BCUT2D eigenvalue weighted by Crippen LogP contribution is 2.22. The Kier molecular flexibility index (Phi) is 3.38. The Hall–Kier alpha value is -3.27. The number of rotatable bonds is 2. The second kappa shape index (κ2) is 6.66. The predicted octanol–water partition coefficient (Wildman–Crippen LogP) is 2.52. The Morgan fingerprint density at radius 2 is 1.83 bits per heavy atom. The van der Waals surface area contributed by atoms with Crippen LogP contribution in [0.3, 0.4) is 0 Å². The van der Waals surface area contributed by atoms with Gasteiger partial charge in [0.25, 0.3) is 0 Å². The summed E-state index contributed by atoms with van der Waals surface area (Å²) in [6.07, 6.45) is 3.87. The average Bonchev–Trinajstić information content (AvgIpc) is 3.13. The molecule has 0 unspecified atom stereocenters. The Morgan fingerprint density at radius 3 is 2.62 bits per heavy atom. The van der Waals surface area contributed by atoms with Crippen molar-refractivity contribution in [3.63, 3.8) is 0 Å². The maximum absolute atomic E-state index is 8.10. The van der Waals surface area contributed by atoms with Crippen LogP contribution < -0.4 is 20.8 Å². The van der Waals surface area contributed by atoms with E-state index in [0.717, 1.165) is 43.8 Å². The zero-order chi connectivity index (χ0) is 22.6. The number of fused-ring (bicyclic) bond motifs is 3. The number of furan rings is 1. The smallest absolute Gasteiger partial charge is 0.402 e. The molecule has 0 atom stereocenters. The first kappa shape index (κ1) is 14.7. The van der Waals surface area contributed by atoms with Gasteiger partial charge in [-0.05, 0) is 49.7 Å². The monoisotopic (exact) mass is 382 g/mol. The van der Waals surface area contributed by atoms with Crippen molar-refractivity contribution in [3.8, 4) is 11.1 Å². The summed E-state index contributed by atoms with van der Waals surface area (Å²) in [7, 11) is 3.97. The first-order chi connectivity index (χ1) is 15.3. The van der Waals surface area contributed by atoms with Crippen LogP contribution in [0.15, 0.2) is 71.3 Å². The van der Waals surface area contributed by atoms with E-state index < -0.39 is 6.85 Å². The lowest BCUT2D eigenvalue weighted by Gasteiger charge is -2.24. The van der Waals surface area contributed by atoms with Crippen molar-refractivity contribution in [3.05, 3.63) is 83.1 Å². The summed E-state index contributed by atoms with van der Waals surface area (Å²) in [4.78, 5) is 2.18. The molecule has 2 aromatic carbocycles. The van der Waals surface area contributed by atoms with Gasteiger partial charge in [0, 0.05) is 26.3 Å². The summed E-state index contributed by atoms with van der Waals surface area (Å²) in [5.74, 6) is 0. The van der Waals surface area contributed by atoms with E-state index in [4.69, 9.17) is 8.53 Å². The van der Waals surface area contributed by atoms with Gasteiger partial charge in [0.2, 0.25) is 0 Å². The molecule has 0 saturated heterocycles. The first-order valence-electron chi connectivity index (χ1n) is 11.3. The summed E-state index contributed by atoms with van der Waals surface area (Å²) >= 11 is 0. The minimum Gasteiger partial charge on any atom is -0.457 e. The molecule has 5 rings (SSSR count). The van der Waals surface area contributed by atoms with E-state index in [1.54, 1.807) is 6.20 Å². The molecule has 3 heterocycles. The Morgan fingerprint density at radius 1 is 1.07 bits per heavy atom. The molecule has 29 heavy (non-hydrogen) atoms. The second-order valence-corrected chi connectivity index (χ2v) is 7.72. The molecule has 142 valence electrons. The van der Waals surface area contributed by atoms with Crippen LogP contribution in [0.5, 0.6) is 0 Å². The molecule has 0 spiro atoms. The van der Waals surface area contributed by atoms with Crippen LogP contribution in [0.25, 0.3) is 33.8 Å². The minimum absolute atomic E-state index is 0.0822. The Labute approximate surface area is 175 Å². The van der Waals surface area contributed by atoms with Crippen molar-refractivity contribution in [2.75, 3.05) is 7.05 Å². The average molecular weight is 382 g/mol. The highest BCUT2D eigenvalue weighted by Gasteiger charge is 2.36. The van der Waals surface area contributed by atoms with Crippen LogP contribution in [-0.4, -0.2) is 18.7 Å². The molecule has 0 saturated carbocycles. The maximum atomic E-state index is 8.10. The second-order valence-electron chi connectivity index (χ2n) is 7.72. The van der Waals surface area contributed by atoms with Gasteiger partial charge < -0.3 is 9.23 Å². The number of para-hydroxylation sites is 1. The molecule has 1 aliphatic rings. The van der Waals surface area contributed by atoms with Crippen molar-refractivity contribution in [2.24, 2.45) is 7.05 Å². The van der Waals surface area contributed by atoms with Crippen molar-refractivity contribution >= 4 is 35.1 Å². The van der Waals surface area contributed by atoms with Crippen LogP contribution >= 0.6 is 0 Å². The molecule has 4 aromatic rings. The predicted molar refractivity (Wildman–Crippen MR) is 120 cm³/mol. The molecule has 0 N–H and O–H groups in total. The van der Waals surface area contributed by atoms with E-state index in [0.29, 0.717) is 5.56 Å². The third kappa shape index (κ3) is 2.79. The lowest BCUT2D eigenvalue weighted by Crippen LogP contribution is -2.62. The normalized spacial score (nSPS) is 15.6. The van der Waals surface area contributed by atoms with Crippen LogP contribution in [0.1, 0.15) is 16.6 Å². The van der Waals surface area contributed by atoms with Gasteiger partial charge in [-0.1, -0.05) is 48.5 Å². The lowest BCUT2D eigenvalue weighted by molar-refractivity contribution is -0.654. The highest BCUT2D eigenvalue weighted by molar-refractivity contribution is 6.85. The molecule has 0 bridgehead atoms. The Balaban J connectivity index is 1.76. The Bertz CT molecular complexity index is 1460. The summed E-state index contributed by atoms with van der Waals surface area (Å²) < 4.78 is 32.5. The van der Waals surface area contributed by atoms with E-state index in [-0.39, 0.29) is 6.85 Å². The number of benzene rings is 2. The molecule has 4 heteroatoms. The zero-order valence-corrected chi connectivity index (χ0v) is 16.8. The van der Waals surface area contributed by atoms with Crippen LogP contribution in [-0.2, 0) is 7.05 Å². The largest absolute Gasteiger partial charge is 0.457 e. The van der Waals surface area contributed by atoms with Crippen LogP contribution in [0.2, 0.25) is 0 Å². The molecule has 1 aliphatic heterocycles.